The van der Waals surface area contributed by atoms with Crippen LogP contribution in [0.2, 0.25) is 0 Å². The van der Waals surface area contributed by atoms with Crippen LogP contribution in [0.1, 0.15) is 15.9 Å². The summed E-state index contributed by atoms with van der Waals surface area (Å²) in [6.45, 7) is 0. The second kappa shape index (κ2) is 6.05. The molecule has 7 heteroatoms. The van der Waals surface area contributed by atoms with Crippen LogP contribution in [-0.2, 0) is 0 Å². The Hall–Kier alpha value is -2.21. The Balaban J connectivity index is 2.49. The predicted octanol–water partition coefficient (Wildman–Crippen LogP) is 3.93. The first-order chi connectivity index (χ1) is 9.92. The smallest absolute Gasteiger partial charge is 0.339 e. The molecule has 0 saturated heterocycles. The van der Waals surface area contributed by atoms with Gasteiger partial charge in [-0.2, -0.15) is 5.26 Å². The summed E-state index contributed by atoms with van der Waals surface area (Å²) in [6.07, 6.45) is 0. The average Bonchev–Trinajstić information content (AvgIpc) is 2.43. The number of carboxylic acids is 1. The lowest BCUT2D eigenvalue weighted by Gasteiger charge is -2.11. The minimum Gasteiger partial charge on any atom is -0.478 e. The molecule has 2 aromatic carbocycles. The molecule has 106 valence electrons. The van der Waals surface area contributed by atoms with Crippen molar-refractivity contribution < 1.29 is 23.4 Å². The van der Waals surface area contributed by atoms with E-state index in [0.29, 0.717) is 3.57 Å². The van der Waals surface area contributed by atoms with Crippen molar-refractivity contribution in [1.82, 2.24) is 0 Å². The molecule has 2 rings (SSSR count). The molecule has 21 heavy (non-hydrogen) atoms. The van der Waals surface area contributed by atoms with Crippen LogP contribution in [0.5, 0.6) is 11.5 Å². The summed E-state index contributed by atoms with van der Waals surface area (Å²) in [5.74, 6) is -4.39. The quantitative estimate of drug-likeness (QED) is 0.792. The van der Waals surface area contributed by atoms with Crippen molar-refractivity contribution in [3.8, 4) is 17.6 Å². The van der Waals surface area contributed by atoms with E-state index in [4.69, 9.17) is 15.1 Å². The van der Waals surface area contributed by atoms with E-state index in [0.717, 1.165) is 12.1 Å². The molecule has 1 N–H and O–H groups in total. The predicted molar refractivity (Wildman–Crippen MR) is 77.3 cm³/mol. The Labute approximate surface area is 131 Å². The Morgan fingerprint density at radius 2 is 1.86 bits per heavy atom. The molecule has 2 aromatic rings. The van der Waals surface area contributed by atoms with E-state index in [1.165, 1.54) is 12.1 Å². The van der Waals surface area contributed by atoms with Gasteiger partial charge in [-0.3, -0.25) is 0 Å². The van der Waals surface area contributed by atoms with E-state index >= 15 is 0 Å². The number of halogens is 3. The molecule has 0 aliphatic carbocycles. The van der Waals surface area contributed by atoms with Gasteiger partial charge in [-0.1, -0.05) is 0 Å². The van der Waals surface area contributed by atoms with Crippen LogP contribution in [0.4, 0.5) is 8.78 Å². The van der Waals surface area contributed by atoms with Gasteiger partial charge in [0.2, 0.25) is 0 Å². The largest absolute Gasteiger partial charge is 0.478 e. The van der Waals surface area contributed by atoms with Gasteiger partial charge in [0.05, 0.1) is 11.6 Å². The van der Waals surface area contributed by atoms with Crippen molar-refractivity contribution in [3.05, 3.63) is 56.7 Å². The zero-order chi connectivity index (χ0) is 15.6. The number of nitriles is 1. The summed E-state index contributed by atoms with van der Waals surface area (Å²) in [5, 5.41) is 17.7. The molecular weight excluding hydrogens is 395 g/mol. The molecule has 0 amide bonds. The molecule has 0 saturated carbocycles. The summed E-state index contributed by atoms with van der Waals surface area (Å²) in [7, 11) is 0. The van der Waals surface area contributed by atoms with Crippen LogP contribution in [0.15, 0.2) is 30.3 Å². The lowest BCUT2D eigenvalue weighted by molar-refractivity contribution is 0.0693. The van der Waals surface area contributed by atoms with E-state index in [2.05, 4.69) is 0 Å². The minimum absolute atomic E-state index is 0.189. The molecular formula is C14H6F2INO3. The second-order valence-electron chi connectivity index (χ2n) is 3.93. The van der Waals surface area contributed by atoms with Crippen LogP contribution in [-0.4, -0.2) is 11.1 Å². The zero-order valence-corrected chi connectivity index (χ0v) is 12.4. The van der Waals surface area contributed by atoms with E-state index in [1.54, 1.807) is 12.1 Å². The Kier molecular flexibility index (Phi) is 4.37. The highest BCUT2D eigenvalue weighted by molar-refractivity contribution is 14.1. The van der Waals surface area contributed by atoms with Gasteiger partial charge in [0, 0.05) is 3.57 Å². The van der Waals surface area contributed by atoms with E-state index in [9.17, 15) is 13.6 Å². The molecule has 0 aliphatic rings. The van der Waals surface area contributed by atoms with Crippen molar-refractivity contribution in [1.29, 1.82) is 5.26 Å². The van der Waals surface area contributed by atoms with Gasteiger partial charge in [-0.05, 0) is 52.9 Å². The van der Waals surface area contributed by atoms with Crippen molar-refractivity contribution in [2.45, 2.75) is 0 Å². The summed E-state index contributed by atoms with van der Waals surface area (Å²) in [6, 6.07) is 7.40. The van der Waals surface area contributed by atoms with Crippen molar-refractivity contribution in [3.63, 3.8) is 0 Å². The molecule has 0 aliphatic heterocycles. The van der Waals surface area contributed by atoms with Crippen molar-refractivity contribution in [2.75, 3.05) is 0 Å². The first-order valence-electron chi connectivity index (χ1n) is 5.52. The van der Waals surface area contributed by atoms with E-state index in [1.807, 2.05) is 22.6 Å². The van der Waals surface area contributed by atoms with Gasteiger partial charge in [0.1, 0.15) is 11.3 Å². The number of hydrogen-bond donors (Lipinski definition) is 1. The van der Waals surface area contributed by atoms with Gasteiger partial charge < -0.3 is 9.84 Å². The Morgan fingerprint density at radius 1 is 1.24 bits per heavy atom. The Morgan fingerprint density at radius 3 is 2.38 bits per heavy atom. The van der Waals surface area contributed by atoms with Crippen molar-refractivity contribution in [2.24, 2.45) is 0 Å². The molecule has 0 unspecified atom stereocenters. The monoisotopic (exact) mass is 401 g/mol. The van der Waals surface area contributed by atoms with Crippen LogP contribution in [0.25, 0.3) is 0 Å². The fraction of sp³-hybridized carbons (Fsp3) is 0. The van der Waals surface area contributed by atoms with E-state index in [-0.39, 0.29) is 16.9 Å². The molecule has 0 aromatic heterocycles. The highest BCUT2D eigenvalue weighted by atomic mass is 127. The summed E-state index contributed by atoms with van der Waals surface area (Å²) in [5.41, 5.74) is -0.413. The highest BCUT2D eigenvalue weighted by Crippen LogP contribution is 2.31. The number of aromatic carboxylic acids is 1. The number of ether oxygens (including phenoxy) is 1. The van der Waals surface area contributed by atoms with Crippen LogP contribution in [0, 0.1) is 26.5 Å². The molecule has 0 bridgehead atoms. The summed E-state index contributed by atoms with van der Waals surface area (Å²) < 4.78 is 33.1. The van der Waals surface area contributed by atoms with Gasteiger partial charge in [-0.25, -0.2) is 13.6 Å². The Bertz CT molecular complexity index is 748. The minimum atomic E-state index is -1.28. The van der Waals surface area contributed by atoms with Gasteiger partial charge >= 0.3 is 5.97 Å². The average molecular weight is 401 g/mol. The molecule has 0 radical (unpaired) electrons. The zero-order valence-electron chi connectivity index (χ0n) is 10.2. The molecule has 0 atom stereocenters. The maximum Gasteiger partial charge on any atom is 0.339 e. The maximum atomic E-state index is 13.7. The number of carbonyl (C=O) groups is 1. The van der Waals surface area contributed by atoms with Gasteiger partial charge in [0.25, 0.3) is 0 Å². The number of hydrogen-bond acceptors (Lipinski definition) is 3. The molecule has 0 fully saturated rings. The third-order valence-electron chi connectivity index (χ3n) is 2.51. The maximum absolute atomic E-state index is 13.7. The topological polar surface area (TPSA) is 70.3 Å². The van der Waals surface area contributed by atoms with Gasteiger partial charge in [-0.15, -0.1) is 0 Å². The first-order valence-corrected chi connectivity index (χ1v) is 6.60. The lowest BCUT2D eigenvalue weighted by atomic mass is 10.2. The standard InChI is InChI=1S/C14H6F2INO3/c15-10-3-7(6-18)4-11(16)13(10)21-12-2-1-8(17)5-9(12)14(19)20/h1-5H,(H,19,20). The number of benzene rings is 2. The van der Waals surface area contributed by atoms with Crippen LogP contribution >= 0.6 is 22.6 Å². The molecule has 0 heterocycles. The highest BCUT2D eigenvalue weighted by Gasteiger charge is 2.18. The SMILES string of the molecule is N#Cc1cc(F)c(Oc2ccc(I)cc2C(=O)O)c(F)c1. The fourth-order valence-electron chi connectivity index (χ4n) is 1.59. The third kappa shape index (κ3) is 3.28. The molecule has 4 nitrogen and oxygen atoms in total. The van der Waals surface area contributed by atoms with Crippen LogP contribution in [0.3, 0.4) is 0 Å². The summed E-state index contributed by atoms with van der Waals surface area (Å²) in [4.78, 5) is 11.1. The lowest BCUT2D eigenvalue weighted by Crippen LogP contribution is -2.02. The fourth-order valence-corrected chi connectivity index (χ4v) is 2.08. The number of nitrogens with zero attached hydrogens (tertiary/aromatic N) is 1. The molecule has 0 spiro atoms. The van der Waals surface area contributed by atoms with Gasteiger partial charge in [0.15, 0.2) is 17.4 Å². The normalized spacial score (nSPS) is 10.0. The number of rotatable bonds is 3. The summed E-state index contributed by atoms with van der Waals surface area (Å²) >= 11 is 1.91. The first kappa shape index (κ1) is 15.2. The third-order valence-corrected chi connectivity index (χ3v) is 3.18. The van der Waals surface area contributed by atoms with E-state index < -0.39 is 23.4 Å². The second-order valence-corrected chi connectivity index (χ2v) is 5.17. The van der Waals surface area contributed by atoms with Crippen molar-refractivity contribution >= 4 is 28.6 Å². The number of carboxylic acid groups (broad SMARTS) is 1. The van der Waals surface area contributed by atoms with Crippen LogP contribution < -0.4 is 4.74 Å².